The quantitative estimate of drug-likeness (QED) is 0.178. The van der Waals surface area contributed by atoms with Gasteiger partial charge in [-0.3, -0.25) is 0 Å². The lowest BCUT2D eigenvalue weighted by atomic mass is 9.66. The first-order valence-electron chi connectivity index (χ1n) is 21.8. The molecule has 0 bridgehead atoms. The molecule has 0 saturated carbocycles. The van der Waals surface area contributed by atoms with Gasteiger partial charge in [0.1, 0.15) is 23.0 Å². The molecule has 0 saturated heterocycles. The van der Waals surface area contributed by atoms with Crippen LogP contribution in [0.1, 0.15) is 44.5 Å². The Morgan fingerprint density at radius 3 is 1.37 bits per heavy atom. The van der Waals surface area contributed by atoms with Crippen LogP contribution in [0.25, 0.3) is 33.0 Å². The predicted molar refractivity (Wildman–Crippen MR) is 253 cm³/mol. The van der Waals surface area contributed by atoms with Crippen molar-refractivity contribution in [2.75, 3.05) is 4.90 Å². The van der Waals surface area contributed by atoms with Gasteiger partial charge >= 0.3 is 0 Å². The molecular weight excluding hydrogens is 767 g/mol. The van der Waals surface area contributed by atoms with Gasteiger partial charge in [0.25, 0.3) is 0 Å². The van der Waals surface area contributed by atoms with Crippen LogP contribution in [0.15, 0.2) is 224 Å². The van der Waals surface area contributed by atoms with Crippen molar-refractivity contribution in [3.8, 4) is 45.3 Å². The molecule has 0 N–H and O–H groups in total. The Morgan fingerprint density at radius 2 is 0.730 bits per heavy atom. The standard InChI is InChI=1S/C60H37NO2/c1-2-19-40-38(17-1)18-15-29-52(40)61(39-35-36-46-43(37-39)41-20-3-5-22-44(41)59(46)47-24-7-11-31-54(47)62-55-32-12-8-25-48(55)59)53-30-16-28-51-58(53)42-21-4-6-23-45(42)60(51)49-26-9-13-33-56(49)63-57-34-14-10-27-50(57)60/h1-37H. The molecular formula is C60H37NO2. The van der Waals surface area contributed by atoms with E-state index >= 15 is 0 Å². The van der Waals surface area contributed by atoms with E-state index in [0.29, 0.717) is 0 Å². The van der Waals surface area contributed by atoms with Crippen LogP contribution in [-0.2, 0) is 10.8 Å². The first-order valence-corrected chi connectivity index (χ1v) is 21.8. The molecule has 2 aliphatic heterocycles. The molecule has 63 heavy (non-hydrogen) atoms. The fourth-order valence-electron chi connectivity index (χ4n) is 11.9. The average molecular weight is 804 g/mol. The van der Waals surface area contributed by atoms with Crippen molar-refractivity contribution in [2.45, 2.75) is 10.8 Å². The normalized spacial score (nSPS) is 14.5. The van der Waals surface area contributed by atoms with E-state index in [2.05, 4.69) is 229 Å². The third-order valence-electron chi connectivity index (χ3n) is 14.2. The maximum Gasteiger partial charge on any atom is 0.132 e. The van der Waals surface area contributed by atoms with Crippen molar-refractivity contribution in [3.05, 3.63) is 269 Å². The molecule has 10 aromatic carbocycles. The summed E-state index contributed by atoms with van der Waals surface area (Å²) in [5, 5.41) is 2.38. The molecule has 10 aromatic rings. The van der Waals surface area contributed by atoms with Crippen molar-refractivity contribution in [1.82, 2.24) is 0 Å². The summed E-state index contributed by atoms with van der Waals surface area (Å²) in [6.07, 6.45) is 0. The third kappa shape index (κ3) is 4.38. The molecule has 2 spiro atoms. The number of anilines is 3. The van der Waals surface area contributed by atoms with E-state index < -0.39 is 10.8 Å². The van der Waals surface area contributed by atoms with Gasteiger partial charge in [0.2, 0.25) is 0 Å². The molecule has 2 aliphatic carbocycles. The van der Waals surface area contributed by atoms with Gasteiger partial charge in [-0.1, -0.05) is 176 Å². The van der Waals surface area contributed by atoms with Crippen LogP contribution in [0.3, 0.4) is 0 Å². The molecule has 14 rings (SSSR count). The highest BCUT2D eigenvalue weighted by Crippen LogP contribution is 2.66. The zero-order chi connectivity index (χ0) is 41.3. The summed E-state index contributed by atoms with van der Waals surface area (Å²) in [6.45, 7) is 0. The Hall–Kier alpha value is -8.14. The molecule has 294 valence electrons. The fraction of sp³-hybridized carbons (Fsp3) is 0.0333. The number of benzene rings is 10. The van der Waals surface area contributed by atoms with Crippen LogP contribution in [0.2, 0.25) is 0 Å². The third-order valence-corrected chi connectivity index (χ3v) is 14.2. The zero-order valence-corrected chi connectivity index (χ0v) is 34.1. The van der Waals surface area contributed by atoms with Gasteiger partial charge in [0.05, 0.1) is 22.2 Å². The Morgan fingerprint density at radius 1 is 0.302 bits per heavy atom. The number of hydrogen-bond donors (Lipinski definition) is 0. The lowest BCUT2D eigenvalue weighted by molar-refractivity contribution is 0.436. The maximum atomic E-state index is 6.70. The second kappa shape index (κ2) is 12.7. The van der Waals surface area contributed by atoms with Crippen molar-refractivity contribution in [3.63, 3.8) is 0 Å². The Labute approximate surface area is 365 Å². The summed E-state index contributed by atoms with van der Waals surface area (Å²) < 4.78 is 13.4. The molecule has 0 unspecified atom stereocenters. The summed E-state index contributed by atoms with van der Waals surface area (Å²) in [5.74, 6) is 3.56. The van der Waals surface area contributed by atoms with Crippen LogP contribution in [0, 0.1) is 0 Å². The van der Waals surface area contributed by atoms with Crippen molar-refractivity contribution >= 4 is 27.8 Å². The van der Waals surface area contributed by atoms with E-state index in [-0.39, 0.29) is 0 Å². The van der Waals surface area contributed by atoms with E-state index in [0.717, 1.165) is 62.3 Å². The molecule has 0 aromatic heterocycles. The van der Waals surface area contributed by atoms with Crippen molar-refractivity contribution in [1.29, 1.82) is 0 Å². The maximum absolute atomic E-state index is 6.70. The number of fused-ring (bicyclic) bond motifs is 19. The monoisotopic (exact) mass is 803 g/mol. The summed E-state index contributed by atoms with van der Waals surface area (Å²) in [7, 11) is 0. The van der Waals surface area contributed by atoms with Crippen molar-refractivity contribution < 1.29 is 9.47 Å². The van der Waals surface area contributed by atoms with Gasteiger partial charge in [0.15, 0.2) is 0 Å². The molecule has 3 heteroatoms. The molecule has 0 atom stereocenters. The SMILES string of the molecule is c1ccc2c(c1)Oc1ccccc1C21c2ccccc2-c2cc(N(c3cccc4c3-c3ccccc3C43c4ccccc4Oc4ccccc43)c3cccc4ccccc34)ccc21. The zero-order valence-electron chi connectivity index (χ0n) is 34.1. The smallest absolute Gasteiger partial charge is 0.132 e. The van der Waals surface area contributed by atoms with Crippen LogP contribution in [0.5, 0.6) is 23.0 Å². The van der Waals surface area contributed by atoms with Crippen LogP contribution >= 0.6 is 0 Å². The molecule has 3 nitrogen and oxygen atoms in total. The summed E-state index contributed by atoms with van der Waals surface area (Å²) in [6, 6.07) is 81.9. The number of ether oxygens (including phenoxy) is 2. The fourth-order valence-corrected chi connectivity index (χ4v) is 11.9. The molecule has 0 radical (unpaired) electrons. The van der Waals surface area contributed by atoms with Gasteiger partial charge in [-0.25, -0.2) is 0 Å². The number of hydrogen-bond acceptors (Lipinski definition) is 3. The number of rotatable bonds is 3. The first-order chi connectivity index (χ1) is 31.3. The molecule has 2 heterocycles. The summed E-state index contributed by atoms with van der Waals surface area (Å²) in [5.41, 5.74) is 16.7. The summed E-state index contributed by atoms with van der Waals surface area (Å²) in [4.78, 5) is 2.52. The summed E-state index contributed by atoms with van der Waals surface area (Å²) >= 11 is 0. The predicted octanol–water partition coefficient (Wildman–Crippen LogP) is 15.2. The van der Waals surface area contributed by atoms with E-state index in [4.69, 9.17) is 9.47 Å². The van der Waals surface area contributed by atoms with Gasteiger partial charge in [0, 0.05) is 38.9 Å². The second-order valence-electron chi connectivity index (χ2n) is 17.0. The topological polar surface area (TPSA) is 21.7 Å². The molecule has 0 amide bonds. The highest BCUT2D eigenvalue weighted by molar-refractivity contribution is 6.04. The van der Waals surface area contributed by atoms with E-state index in [1.54, 1.807) is 0 Å². The van der Waals surface area contributed by atoms with Gasteiger partial charge < -0.3 is 14.4 Å². The van der Waals surface area contributed by atoms with Gasteiger partial charge in [-0.05, 0) is 92.9 Å². The number of nitrogens with zero attached hydrogens (tertiary/aromatic N) is 1. The van der Waals surface area contributed by atoms with Gasteiger partial charge in [-0.15, -0.1) is 0 Å². The number of para-hydroxylation sites is 4. The minimum atomic E-state index is -0.592. The largest absolute Gasteiger partial charge is 0.457 e. The molecule has 0 fully saturated rings. The second-order valence-corrected chi connectivity index (χ2v) is 17.0. The lowest BCUT2D eigenvalue weighted by Crippen LogP contribution is -2.32. The van der Waals surface area contributed by atoms with Crippen LogP contribution in [-0.4, -0.2) is 0 Å². The van der Waals surface area contributed by atoms with E-state index in [9.17, 15) is 0 Å². The lowest BCUT2D eigenvalue weighted by Gasteiger charge is -2.39. The van der Waals surface area contributed by atoms with Crippen molar-refractivity contribution in [2.24, 2.45) is 0 Å². The Kier molecular flexibility index (Phi) is 6.97. The van der Waals surface area contributed by atoms with E-state index in [1.165, 1.54) is 55.3 Å². The minimum Gasteiger partial charge on any atom is -0.457 e. The van der Waals surface area contributed by atoms with Crippen LogP contribution < -0.4 is 14.4 Å². The van der Waals surface area contributed by atoms with Gasteiger partial charge in [-0.2, -0.15) is 0 Å². The van der Waals surface area contributed by atoms with E-state index in [1.807, 2.05) is 0 Å². The Balaban J connectivity index is 1.08. The first kappa shape index (κ1) is 34.6. The minimum absolute atomic E-state index is 0.552. The highest BCUT2D eigenvalue weighted by Gasteiger charge is 2.53. The Bertz CT molecular complexity index is 3470. The average Bonchev–Trinajstić information content (AvgIpc) is 3.80. The highest BCUT2D eigenvalue weighted by atomic mass is 16.5. The van der Waals surface area contributed by atoms with Crippen LogP contribution in [0.4, 0.5) is 17.1 Å². The molecule has 4 aliphatic rings.